The molecule has 0 radical (unpaired) electrons. The Labute approximate surface area is 104 Å². The first kappa shape index (κ1) is 12.4. The van der Waals surface area contributed by atoms with E-state index >= 15 is 0 Å². The van der Waals surface area contributed by atoms with E-state index in [2.05, 4.69) is 5.32 Å². The van der Waals surface area contributed by atoms with Crippen LogP contribution in [0.1, 0.15) is 0 Å². The van der Waals surface area contributed by atoms with E-state index in [0.717, 1.165) is 4.90 Å². The van der Waals surface area contributed by atoms with E-state index in [-0.39, 0.29) is 12.5 Å². The van der Waals surface area contributed by atoms with E-state index in [1.54, 1.807) is 24.3 Å². The van der Waals surface area contributed by atoms with Crippen LogP contribution in [0, 0.1) is 0 Å². The molecule has 1 aliphatic rings. The molecule has 0 aromatic heterocycles. The lowest BCUT2D eigenvalue weighted by Gasteiger charge is -2.16. The van der Waals surface area contributed by atoms with Crippen molar-refractivity contribution in [3.63, 3.8) is 0 Å². The van der Waals surface area contributed by atoms with Crippen molar-refractivity contribution >= 4 is 17.6 Å². The van der Waals surface area contributed by atoms with E-state index < -0.39 is 12.1 Å². The monoisotopic (exact) mass is 250 g/mol. The van der Waals surface area contributed by atoms with Crippen LogP contribution < -0.4 is 15.0 Å². The average molecular weight is 250 g/mol. The number of amides is 3. The molecule has 0 spiro atoms. The molecule has 1 saturated heterocycles. The minimum atomic E-state index is -0.646. The molecule has 0 aliphatic carbocycles. The molecule has 1 fully saturated rings. The van der Waals surface area contributed by atoms with Crippen LogP contribution in [0.25, 0.3) is 0 Å². The van der Waals surface area contributed by atoms with Gasteiger partial charge in [0, 0.05) is 7.11 Å². The molecular weight excluding hydrogens is 236 g/mol. The summed E-state index contributed by atoms with van der Waals surface area (Å²) < 4.78 is 10.0. The lowest BCUT2D eigenvalue weighted by Crippen LogP contribution is -2.34. The van der Waals surface area contributed by atoms with Gasteiger partial charge in [-0.25, -0.2) is 9.69 Å². The highest BCUT2D eigenvalue weighted by Crippen LogP contribution is 2.29. The van der Waals surface area contributed by atoms with Crippen molar-refractivity contribution in [2.45, 2.75) is 6.04 Å². The summed E-state index contributed by atoms with van der Waals surface area (Å²) in [5.41, 5.74) is 0.432. The molecule has 1 N–H and O–H groups in total. The molecule has 1 heterocycles. The normalized spacial score (nSPS) is 19.0. The van der Waals surface area contributed by atoms with E-state index in [4.69, 9.17) is 9.47 Å². The lowest BCUT2D eigenvalue weighted by molar-refractivity contribution is -0.119. The minimum Gasteiger partial charge on any atom is -0.495 e. The fourth-order valence-corrected chi connectivity index (χ4v) is 1.85. The predicted molar refractivity (Wildman–Crippen MR) is 64.7 cm³/mol. The van der Waals surface area contributed by atoms with Gasteiger partial charge in [-0.1, -0.05) is 12.1 Å². The third-order valence-corrected chi connectivity index (χ3v) is 2.68. The maximum Gasteiger partial charge on any atom is 0.329 e. The second kappa shape index (κ2) is 5.05. The topological polar surface area (TPSA) is 67.9 Å². The highest BCUT2D eigenvalue weighted by molar-refractivity contribution is 6.22. The zero-order valence-corrected chi connectivity index (χ0v) is 10.2. The first-order valence-electron chi connectivity index (χ1n) is 5.45. The molecule has 6 heteroatoms. The standard InChI is InChI=1S/C12H14N2O4/c1-17-7-8-11(15)14(12(16)13-8)9-5-3-4-6-10(9)18-2/h3-6,8H,7H2,1-2H3,(H,13,16). The summed E-state index contributed by atoms with van der Waals surface area (Å²) in [7, 11) is 2.97. The van der Waals surface area contributed by atoms with E-state index in [1.165, 1.54) is 14.2 Å². The van der Waals surface area contributed by atoms with Gasteiger partial charge in [0.1, 0.15) is 11.8 Å². The maximum atomic E-state index is 12.1. The number of urea groups is 1. The van der Waals surface area contributed by atoms with Crippen LogP contribution in [0.4, 0.5) is 10.5 Å². The third-order valence-electron chi connectivity index (χ3n) is 2.68. The number of methoxy groups -OCH3 is 2. The molecule has 18 heavy (non-hydrogen) atoms. The number of hydrogen-bond acceptors (Lipinski definition) is 4. The van der Waals surface area contributed by atoms with Crippen LogP contribution in [-0.2, 0) is 9.53 Å². The van der Waals surface area contributed by atoms with Crippen molar-refractivity contribution < 1.29 is 19.1 Å². The van der Waals surface area contributed by atoms with Crippen LogP contribution >= 0.6 is 0 Å². The van der Waals surface area contributed by atoms with Gasteiger partial charge in [0.05, 0.1) is 19.4 Å². The molecule has 1 atom stereocenters. The zero-order chi connectivity index (χ0) is 13.1. The van der Waals surface area contributed by atoms with Gasteiger partial charge in [-0.3, -0.25) is 4.79 Å². The summed E-state index contributed by atoms with van der Waals surface area (Å²) in [4.78, 5) is 25.0. The molecule has 1 unspecified atom stereocenters. The molecule has 1 aromatic carbocycles. The summed E-state index contributed by atoms with van der Waals surface area (Å²) in [6, 6.07) is 5.75. The molecule has 0 saturated carbocycles. The number of nitrogens with zero attached hydrogens (tertiary/aromatic N) is 1. The quantitative estimate of drug-likeness (QED) is 0.801. The second-order valence-electron chi connectivity index (χ2n) is 3.80. The van der Waals surface area contributed by atoms with Crippen LogP contribution in [0.2, 0.25) is 0 Å². The Kier molecular flexibility index (Phi) is 3.47. The Morgan fingerprint density at radius 3 is 2.67 bits per heavy atom. The summed E-state index contributed by atoms with van der Waals surface area (Å²) in [6.45, 7) is 0.149. The first-order chi connectivity index (χ1) is 8.69. The molecule has 2 rings (SSSR count). The molecule has 3 amide bonds. The number of nitrogens with one attached hydrogen (secondary N) is 1. The van der Waals surface area contributed by atoms with Crippen LogP contribution in [0.15, 0.2) is 24.3 Å². The Bertz CT molecular complexity index is 475. The van der Waals surface area contributed by atoms with Gasteiger partial charge in [0.25, 0.3) is 5.91 Å². The summed E-state index contributed by atoms with van der Waals surface area (Å²) in [5.74, 6) is 0.130. The van der Waals surface area contributed by atoms with Crippen molar-refractivity contribution in [3.05, 3.63) is 24.3 Å². The maximum absolute atomic E-state index is 12.1. The smallest absolute Gasteiger partial charge is 0.329 e. The van der Waals surface area contributed by atoms with Gasteiger partial charge in [-0.2, -0.15) is 0 Å². The molecule has 96 valence electrons. The van der Waals surface area contributed by atoms with Gasteiger partial charge >= 0.3 is 6.03 Å². The van der Waals surface area contributed by atoms with Gasteiger partial charge in [-0.05, 0) is 12.1 Å². The van der Waals surface area contributed by atoms with E-state index in [0.29, 0.717) is 11.4 Å². The number of carbonyl (C=O) groups is 2. The SMILES string of the molecule is COCC1NC(=O)N(c2ccccc2OC)C1=O. The number of hydrogen-bond donors (Lipinski definition) is 1. The lowest BCUT2D eigenvalue weighted by atomic mass is 10.2. The molecular formula is C12H14N2O4. The highest BCUT2D eigenvalue weighted by atomic mass is 16.5. The zero-order valence-electron chi connectivity index (χ0n) is 10.2. The average Bonchev–Trinajstić information content (AvgIpc) is 2.65. The number of carbonyl (C=O) groups excluding carboxylic acids is 2. The first-order valence-corrected chi connectivity index (χ1v) is 5.45. The third kappa shape index (κ3) is 2.02. The van der Waals surface area contributed by atoms with E-state index in [9.17, 15) is 9.59 Å². The van der Waals surface area contributed by atoms with Crippen LogP contribution in [-0.4, -0.2) is 38.8 Å². The predicted octanol–water partition coefficient (Wildman–Crippen LogP) is 0.766. The Morgan fingerprint density at radius 1 is 1.28 bits per heavy atom. The van der Waals surface area contributed by atoms with Crippen molar-refractivity contribution in [1.29, 1.82) is 0 Å². The number of anilines is 1. The molecule has 6 nitrogen and oxygen atoms in total. The number of rotatable bonds is 4. The molecule has 1 aromatic rings. The van der Waals surface area contributed by atoms with Crippen molar-refractivity contribution in [2.24, 2.45) is 0 Å². The van der Waals surface area contributed by atoms with Gasteiger partial charge in [0.15, 0.2) is 0 Å². The number of imide groups is 1. The molecule has 1 aliphatic heterocycles. The molecule has 0 bridgehead atoms. The largest absolute Gasteiger partial charge is 0.495 e. The van der Waals surface area contributed by atoms with Crippen LogP contribution in [0.3, 0.4) is 0 Å². The van der Waals surface area contributed by atoms with Gasteiger partial charge in [0.2, 0.25) is 0 Å². The fraction of sp³-hybridized carbons (Fsp3) is 0.333. The van der Waals surface area contributed by atoms with E-state index in [1.807, 2.05) is 0 Å². The van der Waals surface area contributed by atoms with Crippen LogP contribution in [0.5, 0.6) is 5.75 Å². The van der Waals surface area contributed by atoms with Crippen molar-refractivity contribution in [2.75, 3.05) is 25.7 Å². The number of para-hydroxylation sites is 2. The Morgan fingerprint density at radius 2 is 2.00 bits per heavy atom. The fourth-order valence-electron chi connectivity index (χ4n) is 1.85. The van der Waals surface area contributed by atoms with Crippen molar-refractivity contribution in [1.82, 2.24) is 5.32 Å². The van der Waals surface area contributed by atoms with Gasteiger partial charge < -0.3 is 14.8 Å². The number of ether oxygens (including phenoxy) is 2. The van der Waals surface area contributed by atoms with Gasteiger partial charge in [-0.15, -0.1) is 0 Å². The Hall–Kier alpha value is -2.08. The Balaban J connectivity index is 2.33. The minimum absolute atomic E-state index is 0.149. The highest BCUT2D eigenvalue weighted by Gasteiger charge is 2.40. The summed E-state index contributed by atoms with van der Waals surface area (Å²) in [5, 5.41) is 2.56. The second-order valence-corrected chi connectivity index (χ2v) is 3.80. The summed E-state index contributed by atoms with van der Waals surface area (Å²) in [6.07, 6.45) is 0. The number of benzene rings is 1. The van der Waals surface area contributed by atoms with Crippen molar-refractivity contribution in [3.8, 4) is 5.75 Å². The summed E-state index contributed by atoms with van der Waals surface area (Å²) >= 11 is 0.